The van der Waals surface area contributed by atoms with Crippen LogP contribution in [0.5, 0.6) is 5.75 Å². The lowest BCUT2D eigenvalue weighted by atomic mass is 10.2. The second kappa shape index (κ2) is 8.62. The molecule has 1 saturated carbocycles. The molecule has 112 valence electrons. The van der Waals surface area contributed by atoms with Crippen molar-refractivity contribution < 1.29 is 14.2 Å². The minimum atomic E-state index is 0.320. The van der Waals surface area contributed by atoms with E-state index in [9.17, 15) is 0 Å². The quantitative estimate of drug-likeness (QED) is 0.523. The number of hydrogen-bond donors (Lipinski definition) is 1. The molecule has 0 bridgehead atoms. The highest BCUT2D eigenvalue weighted by Crippen LogP contribution is 2.29. The van der Waals surface area contributed by atoms with Gasteiger partial charge in [-0.05, 0) is 52.4 Å². The summed E-state index contributed by atoms with van der Waals surface area (Å²) in [6, 6.07) is 6.09. The third-order valence-electron chi connectivity index (χ3n) is 3.16. The first kappa shape index (κ1) is 15.8. The zero-order valence-electron chi connectivity index (χ0n) is 11.9. The molecule has 0 unspecified atom stereocenters. The van der Waals surface area contributed by atoms with Crippen LogP contribution in [0.25, 0.3) is 0 Å². The van der Waals surface area contributed by atoms with E-state index >= 15 is 0 Å². The van der Waals surface area contributed by atoms with Crippen LogP contribution >= 0.6 is 15.9 Å². The van der Waals surface area contributed by atoms with Crippen LogP contribution < -0.4 is 10.1 Å². The van der Waals surface area contributed by atoms with E-state index in [4.69, 9.17) is 14.2 Å². The predicted octanol–water partition coefficient (Wildman–Crippen LogP) is 2.95. The molecule has 0 amide bonds. The Morgan fingerprint density at radius 2 is 2.20 bits per heavy atom. The summed E-state index contributed by atoms with van der Waals surface area (Å²) in [5, 5.41) is 3.31. The average molecular weight is 344 g/mol. The fraction of sp³-hybridized carbons (Fsp3) is 0.600. The third-order valence-corrected chi connectivity index (χ3v) is 3.78. The zero-order chi connectivity index (χ0) is 14.2. The van der Waals surface area contributed by atoms with Crippen molar-refractivity contribution in [3.8, 4) is 5.75 Å². The van der Waals surface area contributed by atoms with Crippen molar-refractivity contribution in [1.82, 2.24) is 5.32 Å². The topological polar surface area (TPSA) is 39.7 Å². The fourth-order valence-electron chi connectivity index (χ4n) is 1.78. The number of ether oxygens (including phenoxy) is 3. The van der Waals surface area contributed by atoms with Crippen LogP contribution in [0, 0.1) is 5.92 Å². The van der Waals surface area contributed by atoms with Crippen molar-refractivity contribution >= 4 is 15.9 Å². The highest BCUT2D eigenvalue weighted by atomic mass is 79.9. The van der Waals surface area contributed by atoms with Gasteiger partial charge in [0.05, 0.1) is 17.7 Å². The van der Waals surface area contributed by atoms with Crippen molar-refractivity contribution in [2.45, 2.75) is 19.4 Å². The second-order valence-electron chi connectivity index (χ2n) is 5.01. The van der Waals surface area contributed by atoms with E-state index in [2.05, 4.69) is 33.4 Å². The van der Waals surface area contributed by atoms with Gasteiger partial charge in [-0.2, -0.15) is 0 Å². The average Bonchev–Trinajstić information content (AvgIpc) is 3.26. The summed E-state index contributed by atoms with van der Waals surface area (Å²) in [6.45, 7) is 3.53. The molecule has 1 N–H and O–H groups in total. The normalized spacial score (nSPS) is 14.5. The van der Waals surface area contributed by atoms with Crippen LogP contribution in [0.2, 0.25) is 0 Å². The molecule has 0 heterocycles. The molecular formula is C15H22BrNO3. The van der Waals surface area contributed by atoms with Gasteiger partial charge in [-0.1, -0.05) is 6.07 Å². The van der Waals surface area contributed by atoms with E-state index in [-0.39, 0.29) is 0 Å². The number of halogens is 1. The molecule has 4 nitrogen and oxygen atoms in total. The molecular weight excluding hydrogens is 322 g/mol. The lowest BCUT2D eigenvalue weighted by Gasteiger charge is -2.10. The Morgan fingerprint density at radius 3 is 2.90 bits per heavy atom. The molecule has 1 aliphatic rings. The molecule has 0 spiro atoms. The molecule has 0 aliphatic heterocycles. The Balaban J connectivity index is 1.70. The van der Waals surface area contributed by atoms with Crippen LogP contribution in [0.3, 0.4) is 0 Å². The Morgan fingerprint density at radius 1 is 1.35 bits per heavy atom. The van der Waals surface area contributed by atoms with E-state index in [1.807, 2.05) is 6.07 Å². The smallest absolute Gasteiger partial charge is 0.189 e. The molecule has 1 fully saturated rings. The van der Waals surface area contributed by atoms with Gasteiger partial charge in [0.2, 0.25) is 0 Å². The van der Waals surface area contributed by atoms with Crippen LogP contribution in [0.15, 0.2) is 22.7 Å². The first-order valence-corrected chi connectivity index (χ1v) is 7.77. The molecule has 0 radical (unpaired) electrons. The standard InChI is InChI=1S/C15H22BrNO3/c1-18-7-6-17-9-13-4-5-15(14(16)8-13)20-11-19-10-12-2-3-12/h4-5,8,12,17H,2-3,6-7,9-11H2,1H3. The first-order valence-electron chi connectivity index (χ1n) is 6.98. The largest absolute Gasteiger partial charge is 0.466 e. The molecule has 0 atom stereocenters. The summed E-state index contributed by atoms with van der Waals surface area (Å²) in [6.07, 6.45) is 2.60. The predicted molar refractivity (Wildman–Crippen MR) is 81.9 cm³/mol. The highest BCUT2D eigenvalue weighted by Gasteiger charge is 2.21. The van der Waals surface area contributed by atoms with Gasteiger partial charge in [0.25, 0.3) is 0 Å². The van der Waals surface area contributed by atoms with Gasteiger partial charge < -0.3 is 19.5 Å². The number of rotatable bonds is 10. The number of benzene rings is 1. The minimum absolute atomic E-state index is 0.320. The SMILES string of the molecule is COCCNCc1ccc(OCOCC2CC2)c(Br)c1. The Bertz CT molecular complexity index is 410. The molecule has 2 rings (SSSR count). The molecule has 1 aliphatic carbocycles. The number of methoxy groups -OCH3 is 1. The summed E-state index contributed by atoms with van der Waals surface area (Å²) < 4.78 is 17.0. The Labute approximate surface area is 128 Å². The maximum Gasteiger partial charge on any atom is 0.189 e. The molecule has 5 heteroatoms. The van der Waals surface area contributed by atoms with E-state index in [0.717, 1.165) is 42.4 Å². The van der Waals surface area contributed by atoms with Crippen molar-refractivity contribution in [1.29, 1.82) is 0 Å². The van der Waals surface area contributed by atoms with Gasteiger partial charge in [0.15, 0.2) is 6.79 Å². The van der Waals surface area contributed by atoms with Gasteiger partial charge >= 0.3 is 0 Å². The maximum atomic E-state index is 5.60. The summed E-state index contributed by atoms with van der Waals surface area (Å²) in [4.78, 5) is 0. The van der Waals surface area contributed by atoms with Crippen LogP contribution in [0.1, 0.15) is 18.4 Å². The Hall–Kier alpha value is -0.620. The van der Waals surface area contributed by atoms with Crippen molar-refractivity contribution in [3.05, 3.63) is 28.2 Å². The van der Waals surface area contributed by atoms with Crippen molar-refractivity contribution in [2.24, 2.45) is 5.92 Å². The van der Waals surface area contributed by atoms with Crippen LogP contribution in [0.4, 0.5) is 0 Å². The second-order valence-corrected chi connectivity index (χ2v) is 5.87. The number of nitrogens with one attached hydrogen (secondary N) is 1. The summed E-state index contributed by atoms with van der Waals surface area (Å²) >= 11 is 3.53. The molecule has 1 aromatic rings. The van der Waals surface area contributed by atoms with Gasteiger partial charge in [0, 0.05) is 20.2 Å². The highest BCUT2D eigenvalue weighted by molar-refractivity contribution is 9.10. The zero-order valence-corrected chi connectivity index (χ0v) is 13.4. The lowest BCUT2D eigenvalue weighted by Crippen LogP contribution is -2.18. The van der Waals surface area contributed by atoms with Crippen molar-refractivity contribution in [2.75, 3.05) is 33.7 Å². The van der Waals surface area contributed by atoms with E-state index in [0.29, 0.717) is 6.79 Å². The van der Waals surface area contributed by atoms with Gasteiger partial charge in [-0.25, -0.2) is 0 Å². The molecule has 0 aromatic heterocycles. The van der Waals surface area contributed by atoms with Gasteiger partial charge in [0.1, 0.15) is 5.75 Å². The van der Waals surface area contributed by atoms with Gasteiger partial charge in [-0.3, -0.25) is 0 Å². The van der Waals surface area contributed by atoms with Crippen LogP contribution in [-0.2, 0) is 16.0 Å². The van der Waals surface area contributed by atoms with E-state index < -0.39 is 0 Å². The van der Waals surface area contributed by atoms with E-state index in [1.54, 1.807) is 7.11 Å². The van der Waals surface area contributed by atoms with Gasteiger partial charge in [-0.15, -0.1) is 0 Å². The monoisotopic (exact) mass is 343 g/mol. The fourth-order valence-corrected chi connectivity index (χ4v) is 2.32. The summed E-state index contributed by atoms with van der Waals surface area (Å²) in [7, 11) is 1.70. The van der Waals surface area contributed by atoms with E-state index in [1.165, 1.54) is 18.4 Å². The minimum Gasteiger partial charge on any atom is -0.466 e. The lowest BCUT2D eigenvalue weighted by molar-refractivity contribution is 0.00955. The maximum absolute atomic E-state index is 5.60. The number of hydrogen-bond acceptors (Lipinski definition) is 4. The first-order chi connectivity index (χ1) is 9.79. The molecule has 1 aromatic carbocycles. The Kier molecular flexibility index (Phi) is 6.79. The van der Waals surface area contributed by atoms with Crippen molar-refractivity contribution in [3.63, 3.8) is 0 Å². The third kappa shape index (κ3) is 5.79. The summed E-state index contributed by atoms with van der Waals surface area (Å²) in [5.74, 6) is 1.59. The van der Waals surface area contributed by atoms with Crippen LogP contribution in [-0.4, -0.2) is 33.7 Å². The molecule has 0 saturated heterocycles. The molecule has 20 heavy (non-hydrogen) atoms. The summed E-state index contributed by atoms with van der Waals surface area (Å²) in [5.41, 5.74) is 1.21.